The minimum absolute atomic E-state index is 0.0110. The number of hydrogen-bond donors (Lipinski definition) is 2. The normalized spacial score (nSPS) is 13.0. The summed E-state index contributed by atoms with van der Waals surface area (Å²) >= 11 is 0. The van der Waals surface area contributed by atoms with E-state index in [4.69, 9.17) is 9.57 Å². The molecule has 8 heteroatoms. The maximum absolute atomic E-state index is 12.8. The Kier molecular flexibility index (Phi) is 9.78. The number of aromatic nitrogens is 1. The molecule has 2 aromatic carbocycles. The van der Waals surface area contributed by atoms with Crippen LogP contribution in [0.3, 0.4) is 0 Å². The van der Waals surface area contributed by atoms with Gasteiger partial charge in [-0.2, -0.15) is 5.06 Å². The average molecular weight is 494 g/mol. The molecule has 3 aromatic rings. The Morgan fingerprint density at radius 2 is 1.78 bits per heavy atom. The molecule has 1 amide bonds. The first-order chi connectivity index (χ1) is 17.4. The summed E-state index contributed by atoms with van der Waals surface area (Å²) in [6, 6.07) is 14.5. The van der Waals surface area contributed by atoms with Crippen LogP contribution in [0.5, 0.6) is 17.2 Å². The Bertz CT molecular complexity index is 1180. The zero-order valence-corrected chi connectivity index (χ0v) is 21.4. The number of hydroxylamine groups is 2. The van der Waals surface area contributed by atoms with Crippen molar-refractivity contribution >= 4 is 22.5 Å². The lowest BCUT2D eigenvalue weighted by Gasteiger charge is -2.23. The van der Waals surface area contributed by atoms with Crippen LogP contribution in [-0.2, 0) is 16.2 Å². The van der Waals surface area contributed by atoms with Crippen LogP contribution in [-0.4, -0.2) is 47.5 Å². The molecule has 1 aromatic heterocycles. The molecule has 0 unspecified atom stereocenters. The molecule has 0 atom stereocenters. The van der Waals surface area contributed by atoms with E-state index in [0.717, 1.165) is 19.3 Å². The lowest BCUT2D eigenvalue weighted by Crippen LogP contribution is -2.35. The first-order valence-corrected chi connectivity index (χ1v) is 12.3. The second kappa shape index (κ2) is 13.0. The highest BCUT2D eigenvalue weighted by atomic mass is 16.7. The summed E-state index contributed by atoms with van der Waals surface area (Å²) in [5.74, 6) is 0.451. The monoisotopic (exact) mass is 493 g/mol. The second-order valence-corrected chi connectivity index (χ2v) is 8.83. The van der Waals surface area contributed by atoms with Gasteiger partial charge in [-0.3, -0.25) is 9.59 Å². The van der Waals surface area contributed by atoms with Gasteiger partial charge in [0.2, 0.25) is 0 Å². The number of nitrogens with zero attached hydrogens (tertiary/aromatic N) is 2. The smallest absolute Gasteiger partial charge is 0.274 e. The van der Waals surface area contributed by atoms with Gasteiger partial charge in [-0.25, -0.2) is 4.98 Å². The molecule has 8 nitrogen and oxygen atoms in total. The van der Waals surface area contributed by atoms with Crippen LogP contribution in [0.25, 0.3) is 10.8 Å². The number of nitrogens with one attached hydrogen (secondary N) is 1. The van der Waals surface area contributed by atoms with Crippen molar-refractivity contribution in [2.75, 3.05) is 20.7 Å². The van der Waals surface area contributed by atoms with Crippen molar-refractivity contribution in [3.8, 4) is 17.2 Å². The minimum Gasteiger partial charge on any atom is -0.505 e. The van der Waals surface area contributed by atoms with Gasteiger partial charge in [-0.15, -0.1) is 0 Å². The number of aromatic hydroxyl groups is 1. The van der Waals surface area contributed by atoms with Gasteiger partial charge in [-0.05, 0) is 43.2 Å². The molecule has 2 N–H and O–H groups in total. The minimum atomic E-state index is -0.590. The van der Waals surface area contributed by atoms with E-state index >= 15 is 0 Å². The van der Waals surface area contributed by atoms with E-state index in [1.165, 1.54) is 13.5 Å². The summed E-state index contributed by atoms with van der Waals surface area (Å²) in [4.78, 5) is 34.6. The van der Waals surface area contributed by atoms with Gasteiger partial charge in [0.1, 0.15) is 11.5 Å². The van der Waals surface area contributed by atoms with E-state index in [9.17, 15) is 14.7 Å². The Morgan fingerprint density at radius 1 is 1.08 bits per heavy atom. The molecule has 0 bridgehead atoms. The molecule has 0 aliphatic heterocycles. The Hall–Kier alpha value is -3.49. The van der Waals surface area contributed by atoms with Crippen molar-refractivity contribution in [3.05, 3.63) is 59.9 Å². The number of pyridine rings is 1. The van der Waals surface area contributed by atoms with Crippen molar-refractivity contribution in [3.63, 3.8) is 0 Å². The number of fused-ring (bicyclic) bond motifs is 1. The van der Waals surface area contributed by atoms with Crippen LogP contribution < -0.4 is 10.1 Å². The topological polar surface area (TPSA) is 101 Å². The molecular formula is C28H35N3O5. The first kappa shape index (κ1) is 27.1. The average Bonchev–Trinajstić information content (AvgIpc) is 2.84. The molecule has 1 aliphatic rings. The molecule has 1 saturated carbocycles. The zero-order valence-electron chi connectivity index (χ0n) is 21.4. The van der Waals surface area contributed by atoms with Gasteiger partial charge in [0.25, 0.3) is 5.91 Å². The second-order valence-electron chi connectivity index (χ2n) is 8.83. The van der Waals surface area contributed by atoms with Crippen LogP contribution in [0.2, 0.25) is 0 Å². The van der Waals surface area contributed by atoms with Crippen molar-refractivity contribution in [2.24, 2.45) is 5.92 Å². The predicted octanol–water partition coefficient (Wildman–Crippen LogP) is 5.24. The van der Waals surface area contributed by atoms with Crippen LogP contribution in [0.15, 0.2) is 48.5 Å². The number of benzene rings is 2. The fourth-order valence-electron chi connectivity index (χ4n) is 3.71. The molecule has 0 spiro atoms. The summed E-state index contributed by atoms with van der Waals surface area (Å²) in [5, 5.41) is 16.1. The van der Waals surface area contributed by atoms with Crippen molar-refractivity contribution < 1.29 is 24.3 Å². The van der Waals surface area contributed by atoms with E-state index in [0.29, 0.717) is 28.0 Å². The highest BCUT2D eigenvalue weighted by Crippen LogP contribution is 2.34. The molecule has 1 aliphatic carbocycles. The van der Waals surface area contributed by atoms with E-state index in [-0.39, 0.29) is 36.2 Å². The first-order valence-electron chi connectivity index (χ1n) is 12.3. The fourth-order valence-corrected chi connectivity index (χ4v) is 3.71. The molecule has 4 rings (SSSR count). The Balaban J connectivity index is 0.00000115. The standard InChI is InChI=1S/C25H27N3O5.C3H8/c1-28(32-2)15-21-20-13-18(33-17-9-4-3-5-10-17)11-12-19(20)24(30)23(27-21)25(31)26-14-22(29)16-7-6-8-16;1-3-2/h3-5,9-13,16,30H,6-8,14-15H2,1-2H3,(H,26,31);3H2,1-2H3. The van der Waals surface area contributed by atoms with Crippen molar-refractivity contribution in [1.29, 1.82) is 0 Å². The van der Waals surface area contributed by atoms with E-state index in [1.54, 1.807) is 30.3 Å². The third-order valence-electron chi connectivity index (χ3n) is 5.89. The molecular weight excluding hydrogens is 458 g/mol. The molecule has 192 valence electrons. The summed E-state index contributed by atoms with van der Waals surface area (Å²) in [7, 11) is 3.27. The van der Waals surface area contributed by atoms with Gasteiger partial charge in [0, 0.05) is 23.7 Å². The van der Waals surface area contributed by atoms with Crippen molar-refractivity contribution in [1.82, 2.24) is 15.4 Å². The van der Waals surface area contributed by atoms with Crippen molar-refractivity contribution in [2.45, 2.75) is 46.1 Å². The predicted molar refractivity (Wildman–Crippen MR) is 139 cm³/mol. The van der Waals surface area contributed by atoms with Crippen LogP contribution in [0.4, 0.5) is 0 Å². The maximum Gasteiger partial charge on any atom is 0.274 e. The number of rotatable bonds is 9. The number of Topliss-reactive ketones (excluding diaryl/α,β-unsaturated/α-hetero) is 1. The maximum atomic E-state index is 12.8. The largest absolute Gasteiger partial charge is 0.505 e. The number of carbonyl (C=O) groups excluding carboxylic acids is 2. The number of amides is 1. The number of hydrogen-bond acceptors (Lipinski definition) is 7. The number of para-hydroxylation sites is 1. The van der Waals surface area contributed by atoms with Gasteiger partial charge in [0.05, 0.1) is 25.9 Å². The van der Waals surface area contributed by atoms with Gasteiger partial charge < -0.3 is 20.0 Å². The number of ketones is 1. The number of ether oxygens (including phenoxy) is 1. The number of carbonyl (C=O) groups is 2. The lowest BCUT2D eigenvalue weighted by atomic mass is 9.82. The zero-order chi connectivity index (χ0) is 26.1. The van der Waals surface area contributed by atoms with Gasteiger partial charge in [0.15, 0.2) is 17.2 Å². The SMILES string of the molecule is CCC.CON(C)Cc1nc(C(=O)NCC(=O)C2CCC2)c(O)c2ccc(Oc3ccccc3)cc12. The molecule has 0 radical (unpaired) electrons. The van der Waals surface area contributed by atoms with Crippen LogP contribution >= 0.6 is 0 Å². The molecule has 0 saturated heterocycles. The van der Waals surface area contributed by atoms with E-state index in [2.05, 4.69) is 24.1 Å². The van der Waals surface area contributed by atoms with E-state index in [1.807, 2.05) is 30.3 Å². The van der Waals surface area contributed by atoms with E-state index < -0.39 is 5.91 Å². The highest BCUT2D eigenvalue weighted by molar-refractivity contribution is 6.03. The Labute approximate surface area is 212 Å². The van der Waals surface area contributed by atoms with Crippen LogP contribution in [0, 0.1) is 5.92 Å². The van der Waals surface area contributed by atoms with Gasteiger partial charge >= 0.3 is 0 Å². The third-order valence-corrected chi connectivity index (χ3v) is 5.89. The molecule has 1 heterocycles. The third kappa shape index (κ3) is 6.80. The molecule has 36 heavy (non-hydrogen) atoms. The van der Waals surface area contributed by atoms with Crippen LogP contribution in [0.1, 0.15) is 55.7 Å². The summed E-state index contributed by atoms with van der Waals surface area (Å²) < 4.78 is 5.92. The fraction of sp³-hybridized carbons (Fsp3) is 0.393. The summed E-state index contributed by atoms with van der Waals surface area (Å²) in [5.41, 5.74) is 0.404. The van der Waals surface area contributed by atoms with Gasteiger partial charge in [-0.1, -0.05) is 44.9 Å². The molecule has 1 fully saturated rings. The summed E-state index contributed by atoms with van der Waals surface area (Å²) in [6.45, 7) is 4.45. The summed E-state index contributed by atoms with van der Waals surface area (Å²) in [6.07, 6.45) is 4.04. The quantitative estimate of drug-likeness (QED) is 0.393. The Morgan fingerprint density at radius 3 is 2.39 bits per heavy atom. The lowest BCUT2D eigenvalue weighted by molar-refractivity contribution is -0.124. The highest BCUT2D eigenvalue weighted by Gasteiger charge is 2.26.